The van der Waals surface area contributed by atoms with E-state index in [1.54, 1.807) is 0 Å². The Labute approximate surface area is 83.5 Å². The number of rotatable bonds is 3. The monoisotopic (exact) mass is 218 g/mol. The third-order valence-corrected chi connectivity index (χ3v) is 1.86. The van der Waals surface area contributed by atoms with Gasteiger partial charge in [0.25, 0.3) is 0 Å². The number of aliphatic hydroxyl groups is 1. The Morgan fingerprint density at radius 1 is 1.67 bits per heavy atom. The summed E-state index contributed by atoms with van der Waals surface area (Å²) in [6.07, 6.45) is -2.86. The van der Waals surface area contributed by atoms with E-state index in [1.165, 1.54) is 6.92 Å². The Bertz CT molecular complexity index is 396. The summed E-state index contributed by atoms with van der Waals surface area (Å²) >= 11 is 0. The highest BCUT2D eigenvalue weighted by molar-refractivity contribution is 5.38. The first-order valence-corrected chi connectivity index (χ1v) is 4.01. The van der Waals surface area contributed by atoms with E-state index < -0.39 is 29.5 Å². The van der Waals surface area contributed by atoms with Crippen LogP contribution in [-0.4, -0.2) is 15.0 Å². The molecule has 0 aliphatic heterocycles. The summed E-state index contributed by atoms with van der Waals surface area (Å²) in [7, 11) is 0. The molecule has 0 bridgehead atoms. The smallest absolute Gasteiger partial charge is 0.369 e. The van der Waals surface area contributed by atoms with E-state index in [9.17, 15) is 18.9 Å². The van der Waals surface area contributed by atoms with Crippen LogP contribution in [0, 0.1) is 17.0 Å². The van der Waals surface area contributed by atoms with Crippen molar-refractivity contribution in [1.29, 1.82) is 0 Å². The lowest BCUT2D eigenvalue weighted by molar-refractivity contribution is -0.390. The van der Waals surface area contributed by atoms with Gasteiger partial charge in [-0.1, -0.05) is 0 Å². The second-order valence-electron chi connectivity index (χ2n) is 2.89. The van der Waals surface area contributed by atoms with Crippen LogP contribution >= 0.6 is 0 Å². The molecule has 0 saturated heterocycles. The van der Waals surface area contributed by atoms with E-state index >= 15 is 0 Å². The maximum atomic E-state index is 12.4. The Hall–Kier alpha value is -1.63. The molecule has 0 aliphatic carbocycles. The maximum absolute atomic E-state index is 12.4. The highest BCUT2D eigenvalue weighted by Crippen LogP contribution is 2.26. The third kappa shape index (κ3) is 2.24. The predicted molar refractivity (Wildman–Crippen MR) is 46.5 cm³/mol. The third-order valence-electron chi connectivity index (χ3n) is 1.86. The summed E-state index contributed by atoms with van der Waals surface area (Å²) in [5.41, 5.74) is -0.569. The zero-order valence-electron chi connectivity index (χ0n) is 7.78. The second kappa shape index (κ2) is 4.26. The van der Waals surface area contributed by atoms with Gasteiger partial charge in [-0.25, -0.2) is 8.78 Å². The molecule has 1 aromatic rings. The summed E-state index contributed by atoms with van der Waals surface area (Å²) in [4.78, 5) is 12.8. The molecule has 0 atom stereocenters. The lowest BCUT2D eigenvalue weighted by Gasteiger charge is -2.03. The first-order valence-electron chi connectivity index (χ1n) is 4.01. The molecule has 1 aromatic heterocycles. The number of hydrogen-bond acceptors (Lipinski definition) is 4. The van der Waals surface area contributed by atoms with Gasteiger partial charge >= 0.3 is 12.2 Å². The average molecular weight is 218 g/mol. The molecule has 1 heterocycles. The molecule has 0 aromatic carbocycles. The van der Waals surface area contributed by atoms with Crippen LogP contribution in [0.15, 0.2) is 6.07 Å². The fourth-order valence-electron chi connectivity index (χ4n) is 1.17. The highest BCUT2D eigenvalue weighted by atomic mass is 19.3. The first kappa shape index (κ1) is 11.4. The summed E-state index contributed by atoms with van der Waals surface area (Å²) < 4.78 is 24.7. The zero-order chi connectivity index (χ0) is 11.6. The van der Waals surface area contributed by atoms with Gasteiger partial charge in [0.05, 0.1) is 12.2 Å². The molecule has 82 valence electrons. The number of hydrogen-bond donors (Lipinski definition) is 1. The Morgan fingerprint density at radius 3 is 2.67 bits per heavy atom. The molecule has 1 N–H and O–H groups in total. The van der Waals surface area contributed by atoms with Gasteiger partial charge in [-0.3, -0.25) is 0 Å². The molecule has 15 heavy (non-hydrogen) atoms. The molecular weight excluding hydrogens is 210 g/mol. The van der Waals surface area contributed by atoms with Crippen LogP contribution in [0.1, 0.15) is 23.2 Å². The minimum absolute atomic E-state index is 0.0677. The van der Waals surface area contributed by atoms with Crippen LogP contribution in [0.3, 0.4) is 0 Å². The van der Waals surface area contributed by atoms with Gasteiger partial charge in [0.2, 0.25) is 5.69 Å². The number of halogens is 2. The van der Waals surface area contributed by atoms with E-state index in [4.69, 9.17) is 5.11 Å². The van der Waals surface area contributed by atoms with Crippen LogP contribution < -0.4 is 0 Å². The molecule has 5 nitrogen and oxygen atoms in total. The quantitative estimate of drug-likeness (QED) is 0.619. The number of aryl methyl sites for hydroxylation is 1. The number of aromatic nitrogens is 1. The molecule has 0 fully saturated rings. The van der Waals surface area contributed by atoms with Crippen LogP contribution in [0.4, 0.5) is 14.6 Å². The molecule has 0 spiro atoms. The van der Waals surface area contributed by atoms with Crippen LogP contribution in [0.2, 0.25) is 0 Å². The van der Waals surface area contributed by atoms with Gasteiger partial charge < -0.3 is 15.2 Å². The summed E-state index contributed by atoms with van der Waals surface area (Å²) in [6, 6.07) is 1.15. The number of nitrogens with zero attached hydrogens (tertiary/aromatic N) is 2. The largest absolute Gasteiger partial charge is 0.391 e. The fourth-order valence-corrected chi connectivity index (χ4v) is 1.17. The van der Waals surface area contributed by atoms with Crippen molar-refractivity contribution in [2.45, 2.75) is 20.0 Å². The standard InChI is InChI=1S/C8H8F2N2O3/c1-4-2-5(3-13)8(12(14)15)11-6(4)7(9)10/h2,7,13H,3H2,1H3. The summed E-state index contributed by atoms with van der Waals surface area (Å²) in [5.74, 6) is -0.724. The van der Waals surface area contributed by atoms with Gasteiger partial charge in [-0.2, -0.15) is 0 Å². The van der Waals surface area contributed by atoms with Crippen molar-refractivity contribution in [3.8, 4) is 0 Å². The number of nitro groups is 1. The zero-order valence-corrected chi connectivity index (χ0v) is 7.78. The van der Waals surface area contributed by atoms with E-state index in [0.29, 0.717) is 0 Å². The molecule has 0 unspecified atom stereocenters. The normalized spacial score (nSPS) is 10.7. The van der Waals surface area contributed by atoms with E-state index in [-0.39, 0.29) is 11.1 Å². The molecule has 1 rings (SSSR count). The van der Waals surface area contributed by atoms with Crippen molar-refractivity contribution in [1.82, 2.24) is 4.98 Å². The SMILES string of the molecule is Cc1cc(CO)c([N+](=O)[O-])nc1C(F)F. The van der Waals surface area contributed by atoms with Crippen LogP contribution in [-0.2, 0) is 6.61 Å². The minimum Gasteiger partial charge on any atom is -0.391 e. The summed E-state index contributed by atoms with van der Waals surface area (Å²) in [5, 5.41) is 19.2. The van der Waals surface area contributed by atoms with Gasteiger partial charge in [0.1, 0.15) is 0 Å². The Balaban J connectivity index is 3.37. The lowest BCUT2D eigenvalue weighted by Crippen LogP contribution is -2.04. The fraction of sp³-hybridized carbons (Fsp3) is 0.375. The Morgan fingerprint density at radius 2 is 2.27 bits per heavy atom. The number of aliphatic hydroxyl groups excluding tert-OH is 1. The van der Waals surface area contributed by atoms with Crippen molar-refractivity contribution >= 4 is 5.82 Å². The molecule has 7 heteroatoms. The number of alkyl halides is 2. The minimum atomic E-state index is -2.86. The molecule has 0 amide bonds. The van der Waals surface area contributed by atoms with E-state index in [0.717, 1.165) is 6.07 Å². The van der Waals surface area contributed by atoms with Crippen LogP contribution in [0.25, 0.3) is 0 Å². The van der Waals surface area contributed by atoms with Gasteiger partial charge in [0.15, 0.2) is 0 Å². The number of pyridine rings is 1. The topological polar surface area (TPSA) is 76.3 Å². The van der Waals surface area contributed by atoms with E-state index in [1.807, 2.05) is 0 Å². The van der Waals surface area contributed by atoms with Crippen LogP contribution in [0.5, 0.6) is 0 Å². The van der Waals surface area contributed by atoms with Crippen molar-refractivity contribution in [3.63, 3.8) is 0 Å². The van der Waals surface area contributed by atoms with E-state index in [2.05, 4.69) is 4.98 Å². The van der Waals surface area contributed by atoms with Gasteiger partial charge in [-0.05, 0) is 22.9 Å². The lowest BCUT2D eigenvalue weighted by atomic mass is 10.1. The highest BCUT2D eigenvalue weighted by Gasteiger charge is 2.24. The van der Waals surface area contributed by atoms with Crippen molar-refractivity contribution in [2.75, 3.05) is 0 Å². The molecule has 0 radical (unpaired) electrons. The van der Waals surface area contributed by atoms with Gasteiger partial charge in [0, 0.05) is 5.56 Å². The molecule has 0 saturated carbocycles. The van der Waals surface area contributed by atoms with Crippen molar-refractivity contribution in [2.24, 2.45) is 0 Å². The average Bonchev–Trinajstić information content (AvgIpc) is 2.16. The van der Waals surface area contributed by atoms with Crippen molar-refractivity contribution < 1.29 is 18.8 Å². The Kier molecular flexibility index (Phi) is 3.25. The summed E-state index contributed by atoms with van der Waals surface area (Å²) in [6.45, 7) is 0.755. The van der Waals surface area contributed by atoms with Crippen molar-refractivity contribution in [3.05, 3.63) is 33.0 Å². The van der Waals surface area contributed by atoms with Gasteiger partial charge in [-0.15, -0.1) is 0 Å². The second-order valence-corrected chi connectivity index (χ2v) is 2.89. The molecular formula is C8H8F2N2O3. The maximum Gasteiger partial charge on any atom is 0.369 e. The molecule has 0 aliphatic rings. The predicted octanol–water partition coefficient (Wildman–Crippen LogP) is 1.73. The first-order chi connectivity index (χ1) is 6.97.